The molecule has 0 bridgehead atoms. The highest BCUT2D eigenvalue weighted by atomic mass is 35.5. The third kappa shape index (κ3) is 24.7. The molecule has 0 amide bonds. The molecule has 0 saturated carbocycles. The fraction of sp³-hybridized carbons (Fsp3) is 0.314. The molecule has 4 saturated heterocycles. The Kier molecular flexibility index (Phi) is 29.9. The molecule has 4 fully saturated rings. The van der Waals surface area contributed by atoms with Crippen LogP contribution in [0.4, 0.5) is 103 Å². The summed E-state index contributed by atoms with van der Waals surface area (Å²) in [5.74, 6) is 7.39. The summed E-state index contributed by atoms with van der Waals surface area (Å²) < 4.78 is 31.6. The predicted octanol–water partition coefficient (Wildman–Crippen LogP) is 22.1. The lowest BCUT2D eigenvalue weighted by Gasteiger charge is -2.34. The van der Waals surface area contributed by atoms with Crippen LogP contribution >= 0.6 is 11.6 Å². The molecular formula is C102H118ClFN24O3. The third-order valence-electron chi connectivity index (χ3n) is 23.9. The Morgan fingerprint density at radius 2 is 0.725 bits per heavy atom. The van der Waals surface area contributed by atoms with Crippen molar-refractivity contribution >= 4 is 143 Å². The highest BCUT2D eigenvalue weighted by Gasteiger charge is 2.21. The molecule has 4 aliphatic rings. The number of nitrogens with zero attached hydrogens (tertiary/aromatic N) is 13. The van der Waals surface area contributed by atoms with Crippen LogP contribution in [0.2, 0.25) is 5.02 Å². The predicted molar refractivity (Wildman–Crippen MR) is 532 cm³/mol. The summed E-state index contributed by atoms with van der Waals surface area (Å²) in [7, 11) is 2.18. The molecule has 8 aromatic carbocycles. The zero-order chi connectivity index (χ0) is 90.6. The quantitative estimate of drug-likeness (QED) is 0.0208. The number of aromatic nitrogens is 11. The molecule has 678 valence electrons. The van der Waals surface area contributed by atoms with E-state index in [1.165, 1.54) is 101 Å². The Hall–Kier alpha value is -13.6. The van der Waals surface area contributed by atoms with Gasteiger partial charge in [-0.1, -0.05) is 50.6 Å². The Morgan fingerprint density at radius 3 is 1.14 bits per heavy atom. The Labute approximate surface area is 770 Å². The minimum Gasteiger partial charge on any atom is -0.492 e. The van der Waals surface area contributed by atoms with Gasteiger partial charge in [0.15, 0.2) is 0 Å². The van der Waals surface area contributed by atoms with Gasteiger partial charge in [0.05, 0.1) is 21.6 Å². The molecule has 19 rings (SSSR count). The molecule has 0 spiro atoms. The molecule has 0 radical (unpaired) electrons. The molecule has 11 heterocycles. The van der Waals surface area contributed by atoms with E-state index in [2.05, 4.69) is 213 Å². The van der Waals surface area contributed by atoms with E-state index >= 15 is 0 Å². The number of hydrogen-bond acceptors (Lipinski definition) is 24. The van der Waals surface area contributed by atoms with Crippen LogP contribution in [0.5, 0.6) is 17.2 Å². The van der Waals surface area contributed by atoms with Gasteiger partial charge >= 0.3 is 0 Å². The number of likely N-dealkylation sites (tertiary alicyclic amines) is 3. The van der Waals surface area contributed by atoms with Crippen molar-refractivity contribution in [1.29, 1.82) is 0 Å². The molecule has 15 aromatic rings. The number of likely N-dealkylation sites (N-methyl/N-ethyl adjacent to an activating group) is 1. The van der Waals surface area contributed by atoms with Crippen LogP contribution in [0.15, 0.2) is 219 Å². The SMILES string of the molecule is Cc1cnc(Nc2ccc(N3CCN(C)CC3)cc2)nc1Nc1cccc(C(C)(C)C)c1.Cc1cnc(Nc2ccc(OCCN3CCCC3)cc2)nc1Nc1ccc(C)c2[nH]ccc12.Cc1cnc(Nc2ccc(OCCN3CCCC3)cc2)nc1Nc1ccc(Cl)c2[nH]ccc12.Cc1cnc(Nc2ccc(OCCN3CCCC3)cc2)nc1Nc1ccc(F)c2[nH]ccc12. The highest BCUT2D eigenvalue weighted by Crippen LogP contribution is 2.36. The molecule has 131 heavy (non-hydrogen) atoms. The monoisotopic (exact) mass is 1780 g/mol. The zero-order valence-corrected chi connectivity index (χ0v) is 76.9. The van der Waals surface area contributed by atoms with Crippen LogP contribution in [-0.4, -0.2) is 186 Å². The number of benzene rings is 8. The lowest BCUT2D eigenvalue weighted by molar-refractivity contribution is 0.237. The summed E-state index contributed by atoms with van der Waals surface area (Å²) in [5.41, 5.74) is 17.6. The fourth-order valence-electron chi connectivity index (χ4n) is 16.1. The summed E-state index contributed by atoms with van der Waals surface area (Å²) in [4.78, 5) is 58.0. The normalized spacial score (nSPS) is 14.2. The number of ether oxygens (including phenoxy) is 3. The van der Waals surface area contributed by atoms with E-state index in [0.717, 1.165) is 182 Å². The Balaban J connectivity index is 0.000000128. The third-order valence-corrected chi connectivity index (χ3v) is 24.2. The van der Waals surface area contributed by atoms with Crippen LogP contribution in [0, 0.1) is 40.4 Å². The van der Waals surface area contributed by atoms with Gasteiger partial charge in [-0.15, -0.1) is 0 Å². The van der Waals surface area contributed by atoms with Crippen molar-refractivity contribution in [1.82, 2.24) is 74.4 Å². The summed E-state index contributed by atoms with van der Waals surface area (Å²) in [6.45, 7) is 33.2. The first-order valence-electron chi connectivity index (χ1n) is 45.3. The number of H-pyrrole nitrogens is 3. The topological polar surface area (TPSA) is 291 Å². The smallest absolute Gasteiger partial charge is 0.229 e. The molecule has 0 unspecified atom stereocenters. The number of halogens is 2. The van der Waals surface area contributed by atoms with Crippen molar-refractivity contribution in [3.8, 4) is 17.2 Å². The van der Waals surface area contributed by atoms with Gasteiger partial charge in [0.25, 0.3) is 0 Å². The van der Waals surface area contributed by atoms with Crippen LogP contribution < -0.4 is 61.6 Å². The minimum absolute atomic E-state index is 0.0986. The largest absolute Gasteiger partial charge is 0.492 e. The van der Waals surface area contributed by atoms with E-state index in [-0.39, 0.29) is 11.2 Å². The van der Waals surface area contributed by atoms with Crippen molar-refractivity contribution < 1.29 is 18.6 Å². The van der Waals surface area contributed by atoms with E-state index < -0.39 is 0 Å². The van der Waals surface area contributed by atoms with E-state index in [1.54, 1.807) is 24.7 Å². The fourth-order valence-corrected chi connectivity index (χ4v) is 16.3. The minimum atomic E-state index is -0.286. The maximum absolute atomic E-state index is 14.0. The molecule has 0 aliphatic carbocycles. The number of fused-ring (bicyclic) bond motifs is 3. The zero-order valence-electron chi connectivity index (χ0n) is 76.1. The van der Waals surface area contributed by atoms with Gasteiger partial charge in [0.1, 0.15) is 66.2 Å². The van der Waals surface area contributed by atoms with E-state index in [1.807, 2.05) is 150 Å². The number of aromatic amines is 3. The first kappa shape index (κ1) is 90.7. The average molecular weight is 1780 g/mol. The van der Waals surface area contributed by atoms with Crippen LogP contribution in [-0.2, 0) is 5.41 Å². The number of nitrogens with one attached hydrogen (secondary N) is 11. The average Bonchev–Trinajstić information content (AvgIpc) is 1.69. The number of aryl methyl sites for hydroxylation is 5. The summed E-state index contributed by atoms with van der Waals surface area (Å²) in [6, 6.07) is 57.7. The molecule has 4 aliphatic heterocycles. The van der Waals surface area contributed by atoms with Gasteiger partial charge in [-0.05, 0) is 294 Å². The molecule has 0 atom stereocenters. The number of piperazine rings is 1. The highest BCUT2D eigenvalue weighted by molar-refractivity contribution is 6.35. The lowest BCUT2D eigenvalue weighted by atomic mass is 9.87. The summed E-state index contributed by atoms with van der Waals surface area (Å²) in [5, 5.41) is 30.4. The lowest BCUT2D eigenvalue weighted by Crippen LogP contribution is -2.44. The molecule has 11 N–H and O–H groups in total. The maximum Gasteiger partial charge on any atom is 0.229 e. The van der Waals surface area contributed by atoms with Gasteiger partial charge < -0.3 is 81.5 Å². The second kappa shape index (κ2) is 43.2. The maximum atomic E-state index is 14.0. The van der Waals surface area contributed by atoms with Crippen LogP contribution in [0.25, 0.3) is 32.7 Å². The van der Waals surface area contributed by atoms with Gasteiger partial charge in [0, 0.05) is 179 Å². The number of rotatable bonds is 29. The van der Waals surface area contributed by atoms with Crippen molar-refractivity contribution in [3.63, 3.8) is 0 Å². The summed E-state index contributed by atoms with van der Waals surface area (Å²) >= 11 is 6.28. The first-order chi connectivity index (χ1) is 63.7. The van der Waals surface area contributed by atoms with Crippen molar-refractivity contribution in [2.24, 2.45) is 0 Å². The Morgan fingerprint density at radius 1 is 0.366 bits per heavy atom. The number of hydrogen-bond donors (Lipinski definition) is 11. The van der Waals surface area contributed by atoms with E-state index in [9.17, 15) is 4.39 Å². The van der Waals surface area contributed by atoms with Gasteiger partial charge in [-0.2, -0.15) is 19.9 Å². The Bertz CT molecular complexity index is 5800. The second-order valence-electron chi connectivity index (χ2n) is 34.8. The standard InChI is InChI=1S/C26H30N6O.C26H34N6.C25H27ClN6O.C25H27FN6O/c1-18-5-10-23(22-11-12-27-24(18)22)30-25-19(2)17-28-26(31-25)29-20-6-8-21(9-7-20)33-16-15-32-13-3-4-14-32;1-19-18-27-25(30-24(19)28-22-8-6-7-20(17-22)26(2,3)4)29-21-9-11-23(12-10-21)32-15-13-31(5)14-16-32;2*1-17-16-28-25(31-24(17)30-22-9-8-21(26)23-20(22)10-11-27-23)29-18-4-6-19(7-5-18)33-15-14-32-12-2-3-13-32/h5-12,17,27H,3-4,13-16H2,1-2H3,(H2,28,29,30,31);6-12,17-18H,13-16H2,1-5H3,(H2,27,28,29,30);2*4-11,16,27H,2-3,12-15H2,1H3,(H2,28,29,30,31). The molecular weight excluding hydrogens is 1660 g/mol. The van der Waals surface area contributed by atoms with Gasteiger partial charge in [-0.3, -0.25) is 14.7 Å². The van der Waals surface area contributed by atoms with Crippen LogP contribution in [0.3, 0.4) is 0 Å². The van der Waals surface area contributed by atoms with Crippen molar-refractivity contribution in [2.75, 3.05) is 159 Å². The van der Waals surface area contributed by atoms with E-state index in [0.29, 0.717) is 53.4 Å². The second-order valence-corrected chi connectivity index (χ2v) is 35.2. The van der Waals surface area contributed by atoms with Gasteiger partial charge in [-0.25, -0.2) is 24.3 Å². The van der Waals surface area contributed by atoms with Crippen molar-refractivity contribution in [3.05, 3.63) is 264 Å². The molecule has 29 heteroatoms. The van der Waals surface area contributed by atoms with Gasteiger partial charge in [0.2, 0.25) is 23.8 Å². The summed E-state index contributed by atoms with van der Waals surface area (Å²) in [6.07, 6.45) is 20.6. The van der Waals surface area contributed by atoms with Crippen LogP contribution in [0.1, 0.15) is 92.7 Å². The number of anilines is 17. The van der Waals surface area contributed by atoms with Crippen molar-refractivity contribution in [2.45, 2.75) is 99.3 Å². The van der Waals surface area contributed by atoms with E-state index in [4.69, 9.17) is 35.8 Å². The first-order valence-corrected chi connectivity index (χ1v) is 45.7. The molecule has 27 nitrogen and oxygen atoms in total. The molecule has 7 aromatic heterocycles.